The Balaban J connectivity index is 0.000000281. The molecule has 0 saturated heterocycles. The fraction of sp³-hybridized carbons (Fsp3) is 0.333. The molecule has 0 heterocycles. The molecule has 240 valence electrons. The lowest BCUT2D eigenvalue weighted by Crippen LogP contribution is -1.78. The Labute approximate surface area is 277 Å². The highest BCUT2D eigenvalue weighted by atomic mass is 14.0. The third-order valence-electron chi connectivity index (χ3n) is 6.83. The Morgan fingerprint density at radius 3 is 0.222 bits per heavy atom. The van der Waals surface area contributed by atoms with Gasteiger partial charge in [-0.15, -0.1) is 0 Å². The van der Waals surface area contributed by atoms with E-state index < -0.39 is 0 Å². The Morgan fingerprint density at radius 2 is 0.178 bits per heavy atom. The second kappa shape index (κ2) is 19.5. The van der Waals surface area contributed by atoms with E-state index in [2.05, 4.69) is 195 Å². The molecular formula is C45H60. The summed E-state index contributed by atoms with van der Waals surface area (Å²) in [6.07, 6.45) is 0. The summed E-state index contributed by atoms with van der Waals surface area (Å²) in [5.74, 6) is 0. The lowest BCUT2D eigenvalue weighted by atomic mass is 10.1. The molecular weight excluding hydrogens is 540 g/mol. The molecule has 0 aromatic heterocycles. The molecule has 0 atom stereocenters. The van der Waals surface area contributed by atoms with Crippen molar-refractivity contribution in [1.29, 1.82) is 0 Å². The van der Waals surface area contributed by atoms with Crippen LogP contribution in [0.15, 0.2) is 91.0 Å². The SMILES string of the molecule is Cc1cc(C)cc(C)c1.Cc1cc(C)cc(C)c1.Cc1cc(C)cc(C)c1.Cc1cc(C)cc(C)c1.Cc1cc(C)cc(C)c1. The predicted octanol–water partition coefficient (Wildman–Crippen LogP) is 13.1. The van der Waals surface area contributed by atoms with Gasteiger partial charge in [-0.3, -0.25) is 0 Å². The van der Waals surface area contributed by atoms with E-state index in [4.69, 9.17) is 0 Å². The first-order valence-electron chi connectivity index (χ1n) is 16.2. The van der Waals surface area contributed by atoms with Gasteiger partial charge in [-0.25, -0.2) is 0 Å². The largest absolute Gasteiger partial charge is 0.0564 e. The number of hydrogen-bond donors (Lipinski definition) is 0. The minimum absolute atomic E-state index is 1.35. The third kappa shape index (κ3) is 18.5. The van der Waals surface area contributed by atoms with Gasteiger partial charge in [0.05, 0.1) is 0 Å². The zero-order valence-corrected chi connectivity index (χ0v) is 31.2. The summed E-state index contributed by atoms with van der Waals surface area (Å²) in [6.45, 7) is 31.9. The molecule has 5 aromatic rings. The standard InChI is InChI=1S/5C9H12/c5*1-7-4-8(2)6-9(3)5-7/h5*4-6H,1-3H3. The number of benzene rings is 5. The molecule has 0 aliphatic heterocycles. The van der Waals surface area contributed by atoms with Crippen molar-refractivity contribution in [1.82, 2.24) is 0 Å². The molecule has 0 radical (unpaired) electrons. The summed E-state index contributed by atoms with van der Waals surface area (Å²) >= 11 is 0. The highest BCUT2D eigenvalue weighted by Gasteiger charge is 1.90. The molecule has 0 aliphatic carbocycles. The molecule has 0 aliphatic rings. The van der Waals surface area contributed by atoms with Gasteiger partial charge in [0.15, 0.2) is 0 Å². The van der Waals surface area contributed by atoms with Gasteiger partial charge in [0.25, 0.3) is 0 Å². The summed E-state index contributed by atoms with van der Waals surface area (Å²) in [5.41, 5.74) is 20.3. The van der Waals surface area contributed by atoms with Crippen LogP contribution in [-0.4, -0.2) is 0 Å². The molecule has 5 rings (SSSR count). The van der Waals surface area contributed by atoms with Crippen molar-refractivity contribution >= 4 is 0 Å². The minimum Gasteiger partial charge on any atom is -0.0564 e. The number of aryl methyl sites for hydroxylation is 15. The first-order valence-corrected chi connectivity index (χ1v) is 16.2. The van der Waals surface area contributed by atoms with Crippen molar-refractivity contribution in [2.24, 2.45) is 0 Å². The quantitative estimate of drug-likeness (QED) is 0.166. The Hall–Kier alpha value is -3.90. The van der Waals surface area contributed by atoms with Crippen LogP contribution in [0.25, 0.3) is 0 Å². The van der Waals surface area contributed by atoms with Gasteiger partial charge in [0, 0.05) is 0 Å². The predicted molar refractivity (Wildman–Crippen MR) is 203 cm³/mol. The zero-order chi connectivity index (χ0) is 34.3. The van der Waals surface area contributed by atoms with E-state index in [-0.39, 0.29) is 0 Å². The van der Waals surface area contributed by atoms with Crippen LogP contribution in [0.4, 0.5) is 0 Å². The van der Waals surface area contributed by atoms with Crippen molar-refractivity contribution in [2.75, 3.05) is 0 Å². The zero-order valence-electron chi connectivity index (χ0n) is 31.2. The average Bonchev–Trinajstić information content (AvgIpc) is 2.81. The molecule has 0 bridgehead atoms. The van der Waals surface area contributed by atoms with Gasteiger partial charge >= 0.3 is 0 Å². The van der Waals surface area contributed by atoms with E-state index >= 15 is 0 Å². The van der Waals surface area contributed by atoms with E-state index in [9.17, 15) is 0 Å². The maximum absolute atomic E-state index is 2.19. The van der Waals surface area contributed by atoms with Crippen molar-refractivity contribution in [3.63, 3.8) is 0 Å². The molecule has 0 saturated carbocycles. The topological polar surface area (TPSA) is 0 Å². The minimum atomic E-state index is 1.35. The summed E-state index contributed by atoms with van der Waals surface area (Å²) < 4.78 is 0. The molecule has 0 nitrogen and oxygen atoms in total. The van der Waals surface area contributed by atoms with E-state index in [1.807, 2.05) is 0 Å². The molecule has 0 fully saturated rings. The fourth-order valence-corrected chi connectivity index (χ4v) is 6.01. The third-order valence-corrected chi connectivity index (χ3v) is 6.83. The van der Waals surface area contributed by atoms with Crippen LogP contribution in [0.1, 0.15) is 83.5 Å². The fourth-order valence-electron chi connectivity index (χ4n) is 6.01. The van der Waals surface area contributed by atoms with E-state index in [0.29, 0.717) is 0 Å². The second-order valence-electron chi connectivity index (χ2n) is 13.3. The lowest BCUT2D eigenvalue weighted by molar-refractivity contribution is 1.32. The van der Waals surface area contributed by atoms with Crippen molar-refractivity contribution < 1.29 is 0 Å². The highest BCUT2D eigenvalue weighted by Crippen LogP contribution is 2.09. The second-order valence-corrected chi connectivity index (χ2v) is 13.3. The molecule has 0 amide bonds. The molecule has 0 unspecified atom stereocenters. The van der Waals surface area contributed by atoms with E-state index in [0.717, 1.165) is 0 Å². The Bertz CT molecular complexity index is 1090. The first kappa shape index (κ1) is 39.1. The maximum Gasteiger partial charge on any atom is -0.0398 e. The summed E-state index contributed by atoms with van der Waals surface area (Å²) in [4.78, 5) is 0. The van der Waals surface area contributed by atoms with Crippen molar-refractivity contribution in [3.8, 4) is 0 Å². The summed E-state index contributed by atoms with van der Waals surface area (Å²) in [6, 6.07) is 32.8. The molecule has 5 aromatic carbocycles. The van der Waals surface area contributed by atoms with Gasteiger partial charge < -0.3 is 0 Å². The molecule has 0 spiro atoms. The van der Waals surface area contributed by atoms with Crippen LogP contribution in [0.2, 0.25) is 0 Å². The summed E-state index contributed by atoms with van der Waals surface area (Å²) in [5, 5.41) is 0. The average molecular weight is 601 g/mol. The normalized spacial score (nSPS) is 9.67. The molecule has 0 heteroatoms. The maximum atomic E-state index is 2.19. The van der Waals surface area contributed by atoms with Crippen LogP contribution in [0.3, 0.4) is 0 Å². The number of hydrogen-bond acceptors (Lipinski definition) is 0. The lowest BCUT2D eigenvalue weighted by Gasteiger charge is -1.96. The van der Waals surface area contributed by atoms with Gasteiger partial charge in [-0.05, 0) is 104 Å². The van der Waals surface area contributed by atoms with Gasteiger partial charge in [0.1, 0.15) is 0 Å². The smallest absolute Gasteiger partial charge is 0.0398 e. The highest BCUT2D eigenvalue weighted by molar-refractivity contribution is 5.30. The Morgan fingerprint density at radius 1 is 0.133 bits per heavy atom. The van der Waals surface area contributed by atoms with Crippen LogP contribution in [0, 0.1) is 104 Å². The molecule has 45 heavy (non-hydrogen) atoms. The van der Waals surface area contributed by atoms with Crippen molar-refractivity contribution in [2.45, 2.75) is 104 Å². The van der Waals surface area contributed by atoms with Crippen LogP contribution in [0.5, 0.6) is 0 Å². The van der Waals surface area contributed by atoms with Crippen LogP contribution < -0.4 is 0 Å². The number of rotatable bonds is 0. The van der Waals surface area contributed by atoms with Gasteiger partial charge in [0.2, 0.25) is 0 Å². The van der Waals surface area contributed by atoms with E-state index in [1.165, 1.54) is 83.5 Å². The summed E-state index contributed by atoms with van der Waals surface area (Å²) in [7, 11) is 0. The van der Waals surface area contributed by atoms with Crippen LogP contribution in [-0.2, 0) is 0 Å². The van der Waals surface area contributed by atoms with Gasteiger partial charge in [-0.1, -0.05) is 174 Å². The van der Waals surface area contributed by atoms with Crippen LogP contribution >= 0.6 is 0 Å². The molecule has 0 N–H and O–H groups in total. The first-order chi connectivity index (χ1) is 20.9. The van der Waals surface area contributed by atoms with Gasteiger partial charge in [-0.2, -0.15) is 0 Å². The van der Waals surface area contributed by atoms with Crippen molar-refractivity contribution in [3.05, 3.63) is 174 Å². The van der Waals surface area contributed by atoms with E-state index in [1.54, 1.807) is 0 Å². The monoisotopic (exact) mass is 600 g/mol. The Kier molecular flexibility index (Phi) is 16.9.